The summed E-state index contributed by atoms with van der Waals surface area (Å²) >= 11 is 12.3. The summed E-state index contributed by atoms with van der Waals surface area (Å²) in [4.78, 5) is 12.6. The molecule has 0 aliphatic carbocycles. The Labute approximate surface area is 132 Å². The van der Waals surface area contributed by atoms with Crippen LogP contribution in [0.1, 0.15) is 21.5 Å². The number of halogens is 2. The number of ketones is 1. The van der Waals surface area contributed by atoms with Crippen molar-refractivity contribution >= 4 is 29.0 Å². The molecule has 0 N–H and O–H groups in total. The van der Waals surface area contributed by atoms with E-state index in [2.05, 4.69) is 0 Å². The summed E-state index contributed by atoms with van der Waals surface area (Å²) in [6.45, 7) is 2.84. The van der Waals surface area contributed by atoms with Crippen LogP contribution in [0.15, 0.2) is 30.3 Å². The van der Waals surface area contributed by atoms with Gasteiger partial charge in [-0.25, -0.2) is 0 Å². The second-order valence-electron chi connectivity index (χ2n) is 4.79. The van der Waals surface area contributed by atoms with E-state index < -0.39 is 0 Å². The highest BCUT2D eigenvalue weighted by molar-refractivity contribution is 6.38. The van der Waals surface area contributed by atoms with Gasteiger partial charge in [0.1, 0.15) is 13.2 Å². The summed E-state index contributed by atoms with van der Waals surface area (Å²) in [5.41, 5.74) is 1.76. The molecule has 0 spiro atoms. The van der Waals surface area contributed by atoms with Crippen molar-refractivity contribution in [3.63, 3.8) is 0 Å². The molecule has 2 aromatic rings. The minimum Gasteiger partial charge on any atom is -0.486 e. The van der Waals surface area contributed by atoms with Gasteiger partial charge in [-0.05, 0) is 30.7 Å². The monoisotopic (exact) mass is 322 g/mol. The lowest BCUT2D eigenvalue weighted by Gasteiger charge is -2.19. The first-order valence-corrected chi connectivity index (χ1v) is 7.22. The number of ether oxygens (including phenoxy) is 2. The standard InChI is InChI=1S/C16H12Cl2O3/c1-9-2-3-10(12(17)6-9)16(19)11-7-14-15(8-13(11)18)21-5-4-20-14/h2-3,6-8H,4-5H2,1H3. The van der Waals surface area contributed by atoms with Crippen molar-refractivity contribution in [2.45, 2.75) is 6.92 Å². The van der Waals surface area contributed by atoms with Crippen LogP contribution in [-0.4, -0.2) is 19.0 Å². The van der Waals surface area contributed by atoms with Gasteiger partial charge in [0.25, 0.3) is 0 Å². The average molecular weight is 323 g/mol. The molecule has 21 heavy (non-hydrogen) atoms. The van der Waals surface area contributed by atoms with Crippen molar-refractivity contribution < 1.29 is 14.3 Å². The smallest absolute Gasteiger partial charge is 0.196 e. The van der Waals surface area contributed by atoms with Gasteiger partial charge in [-0.1, -0.05) is 29.3 Å². The Morgan fingerprint density at radius 2 is 1.57 bits per heavy atom. The van der Waals surface area contributed by atoms with E-state index in [1.54, 1.807) is 24.3 Å². The summed E-state index contributed by atoms with van der Waals surface area (Å²) in [6.07, 6.45) is 0. The van der Waals surface area contributed by atoms with Crippen LogP contribution < -0.4 is 9.47 Å². The fraction of sp³-hybridized carbons (Fsp3) is 0.188. The summed E-state index contributed by atoms with van der Waals surface area (Å²) in [7, 11) is 0. The van der Waals surface area contributed by atoms with E-state index in [1.165, 1.54) is 0 Å². The predicted molar refractivity (Wildman–Crippen MR) is 82.1 cm³/mol. The van der Waals surface area contributed by atoms with Crippen molar-refractivity contribution in [1.29, 1.82) is 0 Å². The molecule has 0 atom stereocenters. The van der Waals surface area contributed by atoms with Gasteiger partial charge in [0.05, 0.1) is 10.0 Å². The van der Waals surface area contributed by atoms with E-state index in [0.717, 1.165) is 5.56 Å². The second kappa shape index (κ2) is 5.58. The summed E-state index contributed by atoms with van der Waals surface area (Å²) < 4.78 is 10.9. The number of aryl methyl sites for hydroxylation is 1. The molecular weight excluding hydrogens is 311 g/mol. The van der Waals surface area contributed by atoms with Gasteiger partial charge in [0.15, 0.2) is 17.3 Å². The molecule has 1 aliphatic heterocycles. The van der Waals surface area contributed by atoms with Crippen molar-refractivity contribution in [1.82, 2.24) is 0 Å². The van der Waals surface area contributed by atoms with Gasteiger partial charge in [0, 0.05) is 17.2 Å². The maximum absolute atomic E-state index is 12.6. The second-order valence-corrected chi connectivity index (χ2v) is 5.60. The molecule has 108 valence electrons. The van der Waals surface area contributed by atoms with Crippen LogP contribution >= 0.6 is 23.2 Å². The topological polar surface area (TPSA) is 35.5 Å². The Morgan fingerprint density at radius 3 is 2.24 bits per heavy atom. The van der Waals surface area contributed by atoms with Crippen LogP contribution in [0.4, 0.5) is 0 Å². The highest BCUT2D eigenvalue weighted by Crippen LogP contribution is 2.36. The molecule has 3 rings (SSSR count). The molecule has 0 radical (unpaired) electrons. The molecule has 0 fully saturated rings. The highest BCUT2D eigenvalue weighted by atomic mass is 35.5. The Bertz CT molecular complexity index is 726. The number of benzene rings is 2. The first kappa shape index (κ1) is 14.2. The number of hydrogen-bond acceptors (Lipinski definition) is 3. The zero-order valence-corrected chi connectivity index (χ0v) is 12.8. The molecular formula is C16H12Cl2O3. The molecule has 1 aliphatic rings. The number of carbonyl (C=O) groups is 1. The average Bonchev–Trinajstić information content (AvgIpc) is 2.46. The number of rotatable bonds is 2. The molecule has 1 heterocycles. The first-order chi connectivity index (χ1) is 10.1. The Hall–Kier alpha value is -1.71. The molecule has 2 aromatic carbocycles. The van der Waals surface area contributed by atoms with Crippen molar-refractivity contribution in [3.05, 3.63) is 57.1 Å². The molecule has 0 saturated heterocycles. The van der Waals surface area contributed by atoms with E-state index in [4.69, 9.17) is 32.7 Å². The minimum atomic E-state index is -0.234. The van der Waals surface area contributed by atoms with Gasteiger partial charge in [-0.2, -0.15) is 0 Å². The third-order valence-corrected chi connectivity index (χ3v) is 3.87. The first-order valence-electron chi connectivity index (χ1n) is 6.46. The summed E-state index contributed by atoms with van der Waals surface area (Å²) in [5.74, 6) is 0.844. The maximum atomic E-state index is 12.6. The predicted octanol–water partition coefficient (Wildman–Crippen LogP) is 4.30. The summed E-state index contributed by atoms with van der Waals surface area (Å²) in [5, 5.41) is 0.729. The fourth-order valence-electron chi connectivity index (χ4n) is 2.19. The molecule has 0 amide bonds. The normalized spacial score (nSPS) is 13.1. The van der Waals surface area contributed by atoms with Gasteiger partial charge in [-0.15, -0.1) is 0 Å². The SMILES string of the molecule is Cc1ccc(C(=O)c2cc3c(cc2Cl)OCCO3)c(Cl)c1. The van der Waals surface area contributed by atoms with Crippen LogP contribution in [-0.2, 0) is 0 Å². The van der Waals surface area contributed by atoms with E-state index in [0.29, 0.717) is 45.9 Å². The van der Waals surface area contributed by atoms with Gasteiger partial charge in [-0.3, -0.25) is 4.79 Å². The third-order valence-electron chi connectivity index (χ3n) is 3.25. The number of carbonyl (C=O) groups excluding carboxylic acids is 1. The van der Waals surface area contributed by atoms with E-state index in [9.17, 15) is 4.79 Å². The van der Waals surface area contributed by atoms with Crippen molar-refractivity contribution in [2.24, 2.45) is 0 Å². The molecule has 0 aromatic heterocycles. The van der Waals surface area contributed by atoms with E-state index in [-0.39, 0.29) is 5.78 Å². The number of hydrogen-bond donors (Lipinski definition) is 0. The highest BCUT2D eigenvalue weighted by Gasteiger charge is 2.21. The quantitative estimate of drug-likeness (QED) is 0.773. The third kappa shape index (κ3) is 2.71. The molecule has 3 nitrogen and oxygen atoms in total. The summed E-state index contributed by atoms with van der Waals surface area (Å²) in [6, 6.07) is 8.50. The molecule has 0 bridgehead atoms. The van der Waals surface area contributed by atoms with Gasteiger partial charge < -0.3 is 9.47 Å². The lowest BCUT2D eigenvalue weighted by molar-refractivity contribution is 0.103. The maximum Gasteiger partial charge on any atom is 0.196 e. The Balaban J connectivity index is 2.05. The molecule has 5 heteroatoms. The van der Waals surface area contributed by atoms with E-state index >= 15 is 0 Å². The largest absolute Gasteiger partial charge is 0.486 e. The minimum absolute atomic E-state index is 0.234. The lowest BCUT2D eigenvalue weighted by Crippen LogP contribution is -2.16. The van der Waals surface area contributed by atoms with Gasteiger partial charge in [0.2, 0.25) is 0 Å². The van der Waals surface area contributed by atoms with Crippen LogP contribution in [0.5, 0.6) is 11.5 Å². The van der Waals surface area contributed by atoms with Crippen molar-refractivity contribution in [3.8, 4) is 11.5 Å². The van der Waals surface area contributed by atoms with Gasteiger partial charge >= 0.3 is 0 Å². The Morgan fingerprint density at radius 1 is 0.952 bits per heavy atom. The zero-order valence-electron chi connectivity index (χ0n) is 11.3. The lowest BCUT2D eigenvalue weighted by atomic mass is 10.0. The zero-order chi connectivity index (χ0) is 15.0. The number of fused-ring (bicyclic) bond motifs is 1. The van der Waals surface area contributed by atoms with Crippen LogP contribution in [0.3, 0.4) is 0 Å². The molecule has 0 saturated carbocycles. The van der Waals surface area contributed by atoms with Crippen LogP contribution in [0, 0.1) is 6.92 Å². The molecule has 0 unspecified atom stereocenters. The fourth-order valence-corrected chi connectivity index (χ4v) is 2.75. The van der Waals surface area contributed by atoms with Crippen molar-refractivity contribution in [2.75, 3.05) is 13.2 Å². The van der Waals surface area contributed by atoms with E-state index in [1.807, 2.05) is 13.0 Å². The van der Waals surface area contributed by atoms with Crippen LogP contribution in [0.25, 0.3) is 0 Å². The Kier molecular flexibility index (Phi) is 3.79. The van der Waals surface area contributed by atoms with Crippen LogP contribution in [0.2, 0.25) is 10.0 Å².